The van der Waals surface area contributed by atoms with Crippen molar-refractivity contribution in [2.24, 2.45) is 0 Å². The lowest BCUT2D eigenvalue weighted by molar-refractivity contribution is 0.660. The van der Waals surface area contributed by atoms with Gasteiger partial charge in [0.15, 0.2) is 18.9 Å². The van der Waals surface area contributed by atoms with E-state index in [1.54, 1.807) is 11.3 Å². The highest BCUT2D eigenvalue weighted by Gasteiger charge is 2.37. The minimum absolute atomic E-state index is 0.117. The molecule has 0 spiro atoms. The summed E-state index contributed by atoms with van der Waals surface area (Å²) in [5.41, 5.74) is 16.8. The molecule has 0 radical (unpaired) electrons. The maximum Gasteiger partial charge on any atom is 0.238 e. The molecule has 0 bridgehead atoms. The summed E-state index contributed by atoms with van der Waals surface area (Å²) in [6, 6.07) is 31.7. The number of benzene rings is 4. The Morgan fingerprint density at radius 2 is 1.53 bits per heavy atom. The number of fused-ring (bicyclic) bond motifs is 5. The van der Waals surface area contributed by atoms with Gasteiger partial charge in [-0.2, -0.15) is 9.97 Å². The number of nitrogens with zero attached hydrogens (tertiary/aromatic N) is 5. The van der Waals surface area contributed by atoms with Crippen molar-refractivity contribution in [3.8, 4) is 39.9 Å². The lowest BCUT2D eigenvalue weighted by Gasteiger charge is -2.22. The van der Waals surface area contributed by atoms with Crippen LogP contribution in [0, 0.1) is 6.92 Å². The molecule has 0 amide bonds. The fraction of sp³-hybridized carbons (Fsp3) is 0.136. The second-order valence-corrected chi connectivity index (χ2v) is 14.3. The number of thiazole rings is 1. The smallest absolute Gasteiger partial charge is 0.238 e. The average Bonchev–Trinajstić information content (AvgIpc) is 3.81. The molecule has 3 aromatic heterocycles. The van der Waals surface area contributed by atoms with Crippen LogP contribution in [0.25, 0.3) is 73.8 Å². The Morgan fingerprint density at radius 3 is 2.16 bits per heavy atom. The van der Waals surface area contributed by atoms with Crippen LogP contribution in [0.3, 0.4) is 0 Å². The van der Waals surface area contributed by atoms with Gasteiger partial charge in [0.05, 0.1) is 21.4 Å². The minimum Gasteiger partial charge on any atom is -0.282 e. The second-order valence-electron chi connectivity index (χ2n) is 13.4. The molecule has 7 aromatic rings. The van der Waals surface area contributed by atoms with Crippen molar-refractivity contribution in [3.63, 3.8) is 0 Å². The van der Waals surface area contributed by atoms with Gasteiger partial charge in [-0.05, 0) is 48.2 Å². The van der Waals surface area contributed by atoms with Gasteiger partial charge >= 0.3 is 0 Å². The molecule has 1 aliphatic rings. The van der Waals surface area contributed by atoms with Crippen LogP contribution < -0.4 is 0 Å². The van der Waals surface area contributed by atoms with Crippen molar-refractivity contribution < 1.29 is 0 Å². The molecule has 0 unspecified atom stereocenters. The third-order valence-electron chi connectivity index (χ3n) is 10.2. The Morgan fingerprint density at radius 1 is 0.843 bits per heavy atom. The van der Waals surface area contributed by atoms with Gasteiger partial charge in [0, 0.05) is 38.9 Å². The van der Waals surface area contributed by atoms with Crippen molar-refractivity contribution in [2.45, 2.75) is 39.9 Å². The Labute approximate surface area is 304 Å². The molecule has 4 aromatic carbocycles. The van der Waals surface area contributed by atoms with Crippen molar-refractivity contribution >= 4 is 52.5 Å². The number of hydrogen-bond acceptors (Lipinski definition) is 5. The van der Waals surface area contributed by atoms with E-state index in [0.29, 0.717) is 17.6 Å². The topological polar surface area (TPSA) is 56.5 Å². The van der Waals surface area contributed by atoms with E-state index in [4.69, 9.17) is 15.0 Å². The Hall–Kier alpha value is -5.66. The van der Waals surface area contributed by atoms with Crippen LogP contribution in [0.15, 0.2) is 109 Å². The maximum atomic E-state index is 5.09. The lowest BCUT2D eigenvalue weighted by Crippen LogP contribution is -2.15. The SMILES string of the molecule is C=Cc1c(/C=C(\BC)c2ccc3c(c2)C(C)(C)c2ccc4ncsc4c2-3)c(C)n(-c2nc(-c3ccccc3)nc(-c3ccccc3)n2)c1/C=C\C. The van der Waals surface area contributed by atoms with E-state index in [0.717, 1.165) is 46.4 Å². The highest BCUT2D eigenvalue weighted by Crippen LogP contribution is 2.52. The van der Waals surface area contributed by atoms with Gasteiger partial charge in [0.2, 0.25) is 5.95 Å². The molecule has 7 heteroatoms. The maximum absolute atomic E-state index is 5.09. The van der Waals surface area contributed by atoms with Crippen LogP contribution in [-0.2, 0) is 5.41 Å². The van der Waals surface area contributed by atoms with E-state index in [2.05, 4.69) is 92.3 Å². The highest BCUT2D eigenvalue weighted by molar-refractivity contribution is 7.17. The van der Waals surface area contributed by atoms with Crippen molar-refractivity contribution in [3.05, 3.63) is 148 Å². The first kappa shape index (κ1) is 32.5. The predicted molar refractivity (Wildman–Crippen MR) is 218 cm³/mol. The summed E-state index contributed by atoms with van der Waals surface area (Å²) < 4.78 is 3.42. The zero-order chi connectivity index (χ0) is 35.3. The first-order chi connectivity index (χ1) is 24.8. The standard InChI is InChI=1S/C44H38BN5S/c1-7-15-38-31(8-2)33(27(3)50(38)43-48-41(28-16-11-9-12-17-28)47-42(49-43)29-18-13-10-14-19-29)25-36(45-6)30-20-21-32-35(24-30)44(4,5)34-22-23-37-40(39(32)34)51-26-46-37/h7-26,45H,2H2,1,3-6H3/b15-7-,36-25-. The zero-order valence-electron chi connectivity index (χ0n) is 29.6. The largest absolute Gasteiger partial charge is 0.282 e. The summed E-state index contributed by atoms with van der Waals surface area (Å²) in [5, 5.41) is 0. The van der Waals surface area contributed by atoms with E-state index in [-0.39, 0.29) is 5.41 Å². The molecule has 5 nitrogen and oxygen atoms in total. The van der Waals surface area contributed by atoms with Gasteiger partial charge in [-0.3, -0.25) is 4.57 Å². The fourth-order valence-corrected chi connectivity index (χ4v) is 8.38. The third kappa shape index (κ3) is 5.40. The number of aromatic nitrogens is 5. The molecule has 0 fully saturated rings. The predicted octanol–water partition coefficient (Wildman–Crippen LogP) is 10.9. The molecule has 3 heterocycles. The summed E-state index contributed by atoms with van der Waals surface area (Å²) >= 11 is 1.73. The third-order valence-corrected chi connectivity index (χ3v) is 11.0. The number of allylic oxidation sites excluding steroid dienone is 1. The van der Waals surface area contributed by atoms with Crippen LogP contribution in [-0.4, -0.2) is 31.8 Å². The zero-order valence-corrected chi connectivity index (χ0v) is 30.4. The molecule has 1 aliphatic carbocycles. The molecule has 8 rings (SSSR count). The van der Waals surface area contributed by atoms with Crippen LogP contribution in [0.4, 0.5) is 0 Å². The van der Waals surface area contributed by atoms with Crippen LogP contribution in [0.2, 0.25) is 6.82 Å². The second kappa shape index (κ2) is 12.9. The molecule has 0 atom stereocenters. The van der Waals surface area contributed by atoms with Gasteiger partial charge < -0.3 is 0 Å². The van der Waals surface area contributed by atoms with Crippen molar-refractivity contribution in [1.29, 1.82) is 0 Å². The summed E-state index contributed by atoms with van der Waals surface area (Å²) in [6.07, 6.45) is 8.48. The van der Waals surface area contributed by atoms with E-state index in [1.807, 2.05) is 79.2 Å². The van der Waals surface area contributed by atoms with E-state index >= 15 is 0 Å². The molecule has 0 N–H and O–H groups in total. The fourth-order valence-electron chi connectivity index (χ4n) is 7.53. The first-order valence-corrected chi connectivity index (χ1v) is 18.3. The molecule has 51 heavy (non-hydrogen) atoms. The molecule has 0 saturated heterocycles. The van der Waals surface area contributed by atoms with Crippen LogP contribution >= 0.6 is 11.3 Å². The molecular formula is C44H38BN5S. The Kier molecular flexibility index (Phi) is 8.24. The van der Waals surface area contributed by atoms with E-state index in [1.165, 1.54) is 38.0 Å². The normalized spacial score (nSPS) is 13.5. The van der Waals surface area contributed by atoms with Crippen molar-refractivity contribution in [1.82, 2.24) is 24.5 Å². The summed E-state index contributed by atoms with van der Waals surface area (Å²) in [6.45, 7) is 15.4. The summed E-state index contributed by atoms with van der Waals surface area (Å²) in [4.78, 5) is 19.7. The summed E-state index contributed by atoms with van der Waals surface area (Å²) in [7, 11) is 0.869. The van der Waals surface area contributed by atoms with Gasteiger partial charge in [-0.25, -0.2) is 9.97 Å². The highest BCUT2D eigenvalue weighted by atomic mass is 32.1. The number of rotatable bonds is 8. The lowest BCUT2D eigenvalue weighted by atomic mass is 9.67. The van der Waals surface area contributed by atoms with Gasteiger partial charge in [-0.1, -0.05) is 136 Å². The average molecular weight is 680 g/mol. The number of hydrogen-bond donors (Lipinski definition) is 0. The van der Waals surface area contributed by atoms with Gasteiger partial charge in [-0.15, -0.1) is 11.3 Å². The minimum atomic E-state index is -0.117. The van der Waals surface area contributed by atoms with Gasteiger partial charge in [0.25, 0.3) is 0 Å². The summed E-state index contributed by atoms with van der Waals surface area (Å²) in [5.74, 6) is 1.83. The monoisotopic (exact) mass is 679 g/mol. The Bertz CT molecular complexity index is 2460. The van der Waals surface area contributed by atoms with E-state index < -0.39 is 0 Å². The van der Waals surface area contributed by atoms with Crippen molar-refractivity contribution in [2.75, 3.05) is 0 Å². The quantitative estimate of drug-likeness (QED) is 0.150. The molecule has 0 saturated carbocycles. The molecular weight excluding hydrogens is 641 g/mol. The molecule has 248 valence electrons. The Balaban J connectivity index is 1.30. The van der Waals surface area contributed by atoms with Gasteiger partial charge in [0.1, 0.15) is 0 Å². The first-order valence-electron chi connectivity index (χ1n) is 17.4. The van der Waals surface area contributed by atoms with E-state index in [9.17, 15) is 0 Å². The molecule has 0 aliphatic heterocycles. The van der Waals surface area contributed by atoms with Crippen LogP contribution in [0.5, 0.6) is 0 Å². The van der Waals surface area contributed by atoms with Crippen LogP contribution in [0.1, 0.15) is 60.0 Å².